The largest absolute Gasteiger partial charge is 0.381 e. The highest BCUT2D eigenvalue weighted by Gasteiger charge is 2.39. The van der Waals surface area contributed by atoms with E-state index < -0.39 is 0 Å². The highest BCUT2D eigenvalue weighted by Crippen LogP contribution is 2.38. The fourth-order valence-corrected chi connectivity index (χ4v) is 5.68. The van der Waals surface area contributed by atoms with E-state index >= 15 is 0 Å². The van der Waals surface area contributed by atoms with Crippen molar-refractivity contribution in [3.05, 3.63) is 42.0 Å². The van der Waals surface area contributed by atoms with E-state index in [1.165, 1.54) is 0 Å². The van der Waals surface area contributed by atoms with Crippen molar-refractivity contribution < 1.29 is 14.3 Å². The van der Waals surface area contributed by atoms with Gasteiger partial charge in [-0.25, -0.2) is 4.98 Å². The van der Waals surface area contributed by atoms with Crippen molar-refractivity contribution in [1.82, 2.24) is 9.88 Å². The molecule has 1 aromatic carbocycles. The van der Waals surface area contributed by atoms with Crippen LogP contribution in [0.4, 0.5) is 23.0 Å². The molecule has 192 valence electrons. The molecule has 2 saturated heterocycles. The number of carbonyl (C=O) groups excluding carboxylic acids is 2. The molecule has 0 bridgehead atoms. The molecule has 0 aliphatic carbocycles. The van der Waals surface area contributed by atoms with Gasteiger partial charge < -0.3 is 24.8 Å². The minimum Gasteiger partial charge on any atom is -0.381 e. The summed E-state index contributed by atoms with van der Waals surface area (Å²) in [5.41, 5.74) is 2.39. The van der Waals surface area contributed by atoms with Gasteiger partial charge in [-0.3, -0.25) is 9.59 Å². The molecule has 0 radical (unpaired) electrons. The zero-order valence-electron chi connectivity index (χ0n) is 21.6. The third-order valence-corrected chi connectivity index (χ3v) is 7.92. The van der Waals surface area contributed by atoms with Crippen molar-refractivity contribution in [2.24, 2.45) is 5.92 Å². The van der Waals surface area contributed by atoms with Crippen LogP contribution in [0.15, 0.2) is 36.4 Å². The number of amides is 1. The minimum absolute atomic E-state index is 0.0762. The number of carbonyl (C=O) groups is 2. The number of anilines is 4. The summed E-state index contributed by atoms with van der Waals surface area (Å²) in [7, 11) is 3.95. The number of hydrogen-bond acceptors (Lipinski definition) is 7. The summed E-state index contributed by atoms with van der Waals surface area (Å²) in [6, 6.07) is 11.5. The quantitative estimate of drug-likeness (QED) is 0.610. The Kier molecular flexibility index (Phi) is 7.25. The summed E-state index contributed by atoms with van der Waals surface area (Å²) in [4.78, 5) is 37.1. The molecule has 1 N–H and O–H groups in total. The van der Waals surface area contributed by atoms with Crippen LogP contribution < -0.4 is 15.1 Å². The maximum atomic E-state index is 13.0. The van der Waals surface area contributed by atoms with E-state index in [4.69, 9.17) is 9.72 Å². The number of benzene rings is 1. The number of hydrogen-bond donors (Lipinski definition) is 1. The van der Waals surface area contributed by atoms with Gasteiger partial charge in [0.2, 0.25) is 5.91 Å². The number of ketones is 1. The maximum absolute atomic E-state index is 13.0. The summed E-state index contributed by atoms with van der Waals surface area (Å²) in [6.07, 6.45) is 4.52. The second-order valence-electron chi connectivity index (χ2n) is 10.4. The normalized spacial score (nSPS) is 22.0. The predicted octanol–water partition coefficient (Wildman–Crippen LogP) is 4.09. The first-order valence-electron chi connectivity index (χ1n) is 13.1. The third-order valence-electron chi connectivity index (χ3n) is 7.92. The lowest BCUT2D eigenvalue weighted by molar-refractivity contribution is -0.119. The zero-order valence-corrected chi connectivity index (χ0v) is 21.6. The van der Waals surface area contributed by atoms with Gasteiger partial charge in [0.05, 0.1) is 5.69 Å². The van der Waals surface area contributed by atoms with E-state index in [-0.39, 0.29) is 23.8 Å². The van der Waals surface area contributed by atoms with Gasteiger partial charge in [0.15, 0.2) is 11.6 Å². The predicted molar refractivity (Wildman–Crippen MR) is 142 cm³/mol. The van der Waals surface area contributed by atoms with E-state index in [2.05, 4.69) is 22.2 Å². The van der Waals surface area contributed by atoms with Crippen LogP contribution in [0.1, 0.15) is 49.4 Å². The van der Waals surface area contributed by atoms with Crippen molar-refractivity contribution in [1.29, 1.82) is 0 Å². The Labute approximate surface area is 213 Å². The van der Waals surface area contributed by atoms with Gasteiger partial charge in [-0.2, -0.15) is 0 Å². The van der Waals surface area contributed by atoms with Gasteiger partial charge in [-0.05, 0) is 82.9 Å². The van der Waals surface area contributed by atoms with Crippen molar-refractivity contribution in [3.8, 4) is 0 Å². The first-order valence-corrected chi connectivity index (χ1v) is 13.1. The molecule has 1 amide bonds. The molecule has 2 fully saturated rings. The minimum atomic E-state index is -0.283. The first kappa shape index (κ1) is 24.7. The zero-order chi connectivity index (χ0) is 25.2. The number of ether oxygens (including phenoxy) is 1. The summed E-state index contributed by atoms with van der Waals surface area (Å²) in [5.74, 6) is 2.25. The molecule has 1 atom stereocenters. The van der Waals surface area contributed by atoms with Crippen molar-refractivity contribution in [3.63, 3.8) is 0 Å². The average molecular weight is 492 g/mol. The highest BCUT2D eigenvalue weighted by molar-refractivity contribution is 6.04. The van der Waals surface area contributed by atoms with Crippen molar-refractivity contribution in [2.75, 3.05) is 55.5 Å². The van der Waals surface area contributed by atoms with Crippen LogP contribution in [-0.4, -0.2) is 74.1 Å². The SMILES string of the molecule is C[C@@H]1C(=O)N(C)c2ccc(Nc3cccc(C(=O)CC4CCN(C)CC4)c3)nc2N1C1CCOCC1. The number of nitrogens with zero attached hydrogens (tertiary/aromatic N) is 4. The number of piperidine rings is 1. The molecule has 3 aliphatic rings. The Hall–Kier alpha value is -2.97. The lowest BCUT2D eigenvalue weighted by atomic mass is 9.90. The summed E-state index contributed by atoms with van der Waals surface area (Å²) in [5, 5.41) is 3.40. The van der Waals surface area contributed by atoms with Gasteiger partial charge in [-0.15, -0.1) is 0 Å². The molecule has 4 heterocycles. The molecule has 5 rings (SSSR count). The third kappa shape index (κ3) is 5.11. The molecule has 1 aromatic heterocycles. The Bertz CT molecular complexity index is 1110. The topological polar surface area (TPSA) is 78.0 Å². The van der Waals surface area contributed by atoms with E-state index in [0.29, 0.717) is 31.4 Å². The number of fused-ring (bicyclic) bond motifs is 1. The fraction of sp³-hybridized carbons (Fsp3) is 0.536. The van der Waals surface area contributed by atoms with Crippen LogP contribution in [0, 0.1) is 5.92 Å². The Morgan fingerprint density at radius 1 is 1.08 bits per heavy atom. The number of nitrogens with one attached hydrogen (secondary N) is 1. The molecule has 3 aliphatic heterocycles. The molecule has 36 heavy (non-hydrogen) atoms. The van der Waals surface area contributed by atoms with E-state index in [1.54, 1.807) is 4.90 Å². The van der Waals surface area contributed by atoms with E-state index in [1.807, 2.05) is 50.4 Å². The van der Waals surface area contributed by atoms with Crippen LogP contribution >= 0.6 is 0 Å². The monoisotopic (exact) mass is 491 g/mol. The molecule has 8 heteroatoms. The number of Topliss-reactive ketones (excluding diaryl/α,β-unsaturated/α-hetero) is 1. The molecular formula is C28H37N5O3. The smallest absolute Gasteiger partial charge is 0.249 e. The molecule has 0 unspecified atom stereocenters. The first-order chi connectivity index (χ1) is 17.4. The molecule has 2 aromatic rings. The maximum Gasteiger partial charge on any atom is 0.249 e. The van der Waals surface area contributed by atoms with Crippen LogP contribution in [-0.2, 0) is 9.53 Å². The van der Waals surface area contributed by atoms with Crippen molar-refractivity contribution in [2.45, 2.75) is 51.1 Å². The second-order valence-corrected chi connectivity index (χ2v) is 10.4. The number of aromatic nitrogens is 1. The lowest BCUT2D eigenvalue weighted by Crippen LogP contribution is -2.56. The Morgan fingerprint density at radius 3 is 2.58 bits per heavy atom. The number of pyridine rings is 1. The highest BCUT2D eigenvalue weighted by atomic mass is 16.5. The van der Waals surface area contributed by atoms with Crippen LogP contribution in [0.25, 0.3) is 0 Å². The number of rotatable bonds is 6. The molecule has 0 saturated carbocycles. The molecule has 0 spiro atoms. The van der Waals surface area contributed by atoms with Crippen molar-refractivity contribution >= 4 is 34.7 Å². The number of likely N-dealkylation sites (N-methyl/N-ethyl adjacent to an activating group) is 1. The van der Waals surface area contributed by atoms with E-state index in [0.717, 1.165) is 61.5 Å². The van der Waals surface area contributed by atoms with Crippen LogP contribution in [0.2, 0.25) is 0 Å². The van der Waals surface area contributed by atoms with Gasteiger partial charge in [-0.1, -0.05) is 12.1 Å². The van der Waals surface area contributed by atoms with Gasteiger partial charge in [0.25, 0.3) is 0 Å². The summed E-state index contributed by atoms with van der Waals surface area (Å²) in [6.45, 7) is 5.48. The standard InChI is InChI=1S/C28H37N5O3/c1-19-28(35)32(3)24-7-8-26(30-27(24)33(19)23-11-15-36-16-12-23)29-22-6-4-5-21(18-22)25(34)17-20-9-13-31(2)14-10-20/h4-8,18-20,23H,9-17H2,1-3H3,(H,29,30)/t19-/m1/s1. The average Bonchev–Trinajstić information content (AvgIpc) is 2.89. The van der Waals surface area contributed by atoms with Gasteiger partial charge in [0.1, 0.15) is 11.9 Å². The van der Waals surface area contributed by atoms with Gasteiger partial charge in [0, 0.05) is 44.0 Å². The van der Waals surface area contributed by atoms with Gasteiger partial charge >= 0.3 is 0 Å². The Balaban J connectivity index is 1.35. The van der Waals surface area contributed by atoms with Crippen LogP contribution in [0.3, 0.4) is 0 Å². The summed E-state index contributed by atoms with van der Waals surface area (Å²) < 4.78 is 5.56. The second kappa shape index (κ2) is 10.6. The Morgan fingerprint density at radius 2 is 1.83 bits per heavy atom. The summed E-state index contributed by atoms with van der Waals surface area (Å²) >= 11 is 0. The number of likely N-dealkylation sites (tertiary alicyclic amines) is 1. The molecular weight excluding hydrogens is 454 g/mol. The fourth-order valence-electron chi connectivity index (χ4n) is 5.68. The van der Waals surface area contributed by atoms with E-state index in [9.17, 15) is 9.59 Å². The lowest BCUT2D eigenvalue weighted by Gasteiger charge is -2.44. The van der Waals surface area contributed by atoms with Crippen LogP contribution in [0.5, 0.6) is 0 Å². The molecule has 8 nitrogen and oxygen atoms in total.